The fourth-order valence-electron chi connectivity index (χ4n) is 3.83. The maximum atomic E-state index is 6.34. The Bertz CT molecular complexity index is 880. The molecule has 0 atom stereocenters. The first-order valence-corrected chi connectivity index (χ1v) is 10.0. The van der Waals surface area contributed by atoms with E-state index >= 15 is 0 Å². The Morgan fingerprint density at radius 3 is 2.58 bits per heavy atom. The number of nitrogen functional groups attached to an aromatic ring is 1. The molecule has 136 valence electrons. The van der Waals surface area contributed by atoms with Crippen LogP contribution in [-0.4, -0.2) is 33.2 Å². The number of hydrogen-bond acceptors (Lipinski definition) is 5. The van der Waals surface area contributed by atoms with Crippen LogP contribution in [0, 0.1) is 6.92 Å². The van der Waals surface area contributed by atoms with E-state index in [4.69, 9.17) is 17.3 Å². The quantitative estimate of drug-likeness (QED) is 0.710. The summed E-state index contributed by atoms with van der Waals surface area (Å²) in [7, 11) is 0. The lowest BCUT2D eigenvalue weighted by molar-refractivity contribution is 0.169. The number of anilines is 1. The number of thiazole rings is 1. The summed E-state index contributed by atoms with van der Waals surface area (Å²) in [5.41, 5.74) is 10.1. The second-order valence-corrected chi connectivity index (χ2v) is 8.17. The molecule has 4 rings (SSSR count). The average Bonchev–Trinajstić information content (AvgIpc) is 3.24. The van der Waals surface area contributed by atoms with Crippen LogP contribution in [-0.2, 0) is 12.0 Å². The number of nitrogens with one attached hydrogen (secondary N) is 1. The first-order valence-electron chi connectivity index (χ1n) is 8.77. The van der Waals surface area contributed by atoms with E-state index in [0.29, 0.717) is 5.13 Å². The van der Waals surface area contributed by atoms with Crippen molar-refractivity contribution in [3.05, 3.63) is 63.4 Å². The van der Waals surface area contributed by atoms with E-state index in [2.05, 4.69) is 55.8 Å². The van der Waals surface area contributed by atoms with Crippen molar-refractivity contribution in [2.75, 3.05) is 18.8 Å². The normalized spacial score (nSPS) is 17.5. The fourth-order valence-corrected chi connectivity index (χ4v) is 4.64. The highest BCUT2D eigenvalue weighted by Gasteiger charge is 2.39. The van der Waals surface area contributed by atoms with Crippen LogP contribution in [0.15, 0.2) is 35.7 Å². The number of nitrogens with two attached hydrogens (primary N) is 1. The summed E-state index contributed by atoms with van der Waals surface area (Å²) in [6.07, 6.45) is 2.00. The molecule has 1 aliphatic rings. The van der Waals surface area contributed by atoms with Gasteiger partial charge in [-0.25, -0.2) is 4.98 Å². The molecule has 0 bridgehead atoms. The average molecular weight is 388 g/mol. The molecule has 2 aromatic heterocycles. The fraction of sp³-hybridized carbons (Fsp3) is 0.368. The van der Waals surface area contributed by atoms with Gasteiger partial charge in [-0.05, 0) is 38.4 Å². The van der Waals surface area contributed by atoms with Gasteiger partial charge in [0.15, 0.2) is 5.13 Å². The summed E-state index contributed by atoms with van der Waals surface area (Å²) >= 11 is 7.86. The summed E-state index contributed by atoms with van der Waals surface area (Å²) in [5.74, 6) is 0. The van der Waals surface area contributed by atoms with Crippen LogP contribution < -0.4 is 5.73 Å². The van der Waals surface area contributed by atoms with Crippen LogP contribution in [0.2, 0.25) is 5.02 Å². The van der Waals surface area contributed by atoms with Crippen molar-refractivity contribution in [1.82, 2.24) is 20.1 Å². The van der Waals surface area contributed by atoms with Gasteiger partial charge in [0, 0.05) is 17.3 Å². The maximum Gasteiger partial charge on any atom is 0.180 e. The van der Waals surface area contributed by atoms with Gasteiger partial charge >= 0.3 is 0 Å². The molecule has 0 aliphatic carbocycles. The Morgan fingerprint density at radius 1 is 1.27 bits per heavy atom. The molecule has 7 heteroatoms. The number of benzene rings is 1. The predicted octanol–water partition coefficient (Wildman–Crippen LogP) is 3.99. The summed E-state index contributed by atoms with van der Waals surface area (Å²) in [4.78, 5) is 7.06. The summed E-state index contributed by atoms with van der Waals surface area (Å²) in [6.45, 7) is 4.65. The summed E-state index contributed by atoms with van der Waals surface area (Å²) in [6, 6.07) is 10.7. The second kappa shape index (κ2) is 7.02. The standard InChI is InChI=1S/C19H22ClN5S/c1-13-17(20)15(24-23-13)11-25-9-7-19(8-10-25,14-5-3-2-4-6-14)16-12-26-18(21)22-16/h2-6,12H,7-11H2,1H3,(H2,21,22)(H,23,24). The topological polar surface area (TPSA) is 70.8 Å². The summed E-state index contributed by atoms with van der Waals surface area (Å²) in [5, 5.41) is 10.8. The Balaban J connectivity index is 1.57. The number of hydrogen-bond donors (Lipinski definition) is 2. The van der Waals surface area contributed by atoms with E-state index in [9.17, 15) is 0 Å². The molecule has 1 aliphatic heterocycles. The van der Waals surface area contributed by atoms with Crippen molar-refractivity contribution < 1.29 is 0 Å². The minimum Gasteiger partial charge on any atom is -0.375 e. The van der Waals surface area contributed by atoms with Crippen LogP contribution in [0.3, 0.4) is 0 Å². The Morgan fingerprint density at radius 2 is 2.00 bits per heavy atom. The van der Waals surface area contributed by atoms with E-state index in [1.165, 1.54) is 16.9 Å². The highest BCUT2D eigenvalue weighted by atomic mass is 35.5. The van der Waals surface area contributed by atoms with Crippen molar-refractivity contribution in [1.29, 1.82) is 0 Å². The third-order valence-electron chi connectivity index (χ3n) is 5.36. The molecule has 26 heavy (non-hydrogen) atoms. The van der Waals surface area contributed by atoms with Crippen LogP contribution in [0.4, 0.5) is 5.13 Å². The first-order chi connectivity index (χ1) is 12.6. The van der Waals surface area contributed by atoms with Crippen LogP contribution in [0.1, 0.15) is 35.5 Å². The lowest BCUT2D eigenvalue weighted by atomic mass is 9.70. The third-order valence-corrected chi connectivity index (χ3v) is 6.54. The number of H-pyrrole nitrogens is 1. The van der Waals surface area contributed by atoms with Gasteiger partial charge in [-0.3, -0.25) is 10.00 Å². The van der Waals surface area contributed by atoms with Crippen molar-refractivity contribution in [3.8, 4) is 0 Å². The zero-order chi connectivity index (χ0) is 18.1. The number of halogens is 1. The first kappa shape index (κ1) is 17.5. The van der Waals surface area contributed by atoms with Gasteiger partial charge in [0.2, 0.25) is 0 Å². The van der Waals surface area contributed by atoms with E-state index in [0.717, 1.165) is 54.6 Å². The molecule has 0 spiro atoms. The Labute approximate surface area is 162 Å². The third kappa shape index (κ3) is 3.13. The molecular formula is C19H22ClN5S. The van der Waals surface area contributed by atoms with Crippen LogP contribution in [0.5, 0.6) is 0 Å². The van der Waals surface area contributed by atoms with Crippen molar-refractivity contribution >= 4 is 28.1 Å². The predicted molar refractivity (Wildman–Crippen MR) is 107 cm³/mol. The Kier molecular flexibility index (Phi) is 4.73. The molecule has 5 nitrogen and oxygen atoms in total. The zero-order valence-electron chi connectivity index (χ0n) is 14.7. The number of nitrogens with zero attached hydrogens (tertiary/aromatic N) is 3. The van der Waals surface area contributed by atoms with E-state index < -0.39 is 0 Å². The van der Waals surface area contributed by atoms with Crippen LogP contribution in [0.25, 0.3) is 0 Å². The van der Waals surface area contributed by atoms with Gasteiger partial charge in [0.05, 0.1) is 22.1 Å². The molecule has 1 aromatic carbocycles. The molecule has 0 radical (unpaired) electrons. The Hall–Kier alpha value is -1.89. The number of likely N-dealkylation sites (tertiary alicyclic amines) is 1. The van der Waals surface area contributed by atoms with Gasteiger partial charge in [0.1, 0.15) is 0 Å². The van der Waals surface area contributed by atoms with Crippen molar-refractivity contribution in [2.45, 2.75) is 31.7 Å². The van der Waals surface area contributed by atoms with E-state index in [1.807, 2.05) is 6.92 Å². The summed E-state index contributed by atoms with van der Waals surface area (Å²) < 4.78 is 0. The monoisotopic (exact) mass is 387 g/mol. The molecule has 1 fully saturated rings. The smallest absolute Gasteiger partial charge is 0.180 e. The minimum absolute atomic E-state index is 0.0723. The molecule has 0 amide bonds. The number of aromatic amines is 1. The van der Waals surface area contributed by atoms with Crippen molar-refractivity contribution in [3.63, 3.8) is 0 Å². The molecule has 3 N–H and O–H groups in total. The number of aromatic nitrogens is 3. The number of aryl methyl sites for hydroxylation is 1. The van der Waals surface area contributed by atoms with Gasteiger partial charge in [-0.1, -0.05) is 41.9 Å². The molecular weight excluding hydrogens is 366 g/mol. The lowest BCUT2D eigenvalue weighted by Crippen LogP contribution is -2.43. The van der Waals surface area contributed by atoms with E-state index in [-0.39, 0.29) is 5.41 Å². The SMILES string of the molecule is Cc1[nH]nc(CN2CCC(c3ccccc3)(c3csc(N)n3)CC2)c1Cl. The van der Waals surface area contributed by atoms with Gasteiger partial charge in [-0.2, -0.15) is 5.10 Å². The van der Waals surface area contributed by atoms with Gasteiger partial charge < -0.3 is 5.73 Å². The highest BCUT2D eigenvalue weighted by molar-refractivity contribution is 7.13. The minimum atomic E-state index is -0.0723. The second-order valence-electron chi connectivity index (χ2n) is 6.90. The highest BCUT2D eigenvalue weighted by Crippen LogP contribution is 2.42. The largest absolute Gasteiger partial charge is 0.375 e. The maximum absolute atomic E-state index is 6.34. The van der Waals surface area contributed by atoms with Crippen molar-refractivity contribution in [2.24, 2.45) is 0 Å². The molecule has 1 saturated heterocycles. The molecule has 3 aromatic rings. The zero-order valence-corrected chi connectivity index (χ0v) is 16.3. The lowest BCUT2D eigenvalue weighted by Gasteiger charge is -2.41. The number of piperidine rings is 1. The van der Waals surface area contributed by atoms with Crippen LogP contribution >= 0.6 is 22.9 Å². The van der Waals surface area contributed by atoms with E-state index in [1.54, 1.807) is 0 Å². The number of rotatable bonds is 4. The van der Waals surface area contributed by atoms with Gasteiger partial charge in [-0.15, -0.1) is 11.3 Å². The van der Waals surface area contributed by atoms with Gasteiger partial charge in [0.25, 0.3) is 0 Å². The molecule has 0 saturated carbocycles. The molecule has 0 unspecified atom stereocenters. The molecule has 3 heterocycles.